The molecule has 2 aromatic heterocycles. The van der Waals surface area contributed by atoms with Crippen LogP contribution in [0.3, 0.4) is 0 Å². The summed E-state index contributed by atoms with van der Waals surface area (Å²) in [7, 11) is 4.89. The van der Waals surface area contributed by atoms with E-state index in [0.717, 1.165) is 5.56 Å². The average molecular weight is 355 g/mol. The summed E-state index contributed by atoms with van der Waals surface area (Å²) in [6.07, 6.45) is 4.74. The summed E-state index contributed by atoms with van der Waals surface area (Å²) in [5, 5.41) is 14.3. The molecule has 1 N–H and O–H groups in total. The smallest absolute Gasteiger partial charge is 0.322 e. The van der Waals surface area contributed by atoms with Gasteiger partial charge in [0.25, 0.3) is 11.8 Å². The molecule has 134 valence electrons. The van der Waals surface area contributed by atoms with E-state index in [9.17, 15) is 4.79 Å². The van der Waals surface area contributed by atoms with Crippen LogP contribution in [0.25, 0.3) is 17.7 Å². The van der Waals surface area contributed by atoms with Crippen molar-refractivity contribution in [3.63, 3.8) is 0 Å². The first kappa shape index (κ1) is 17.2. The van der Waals surface area contributed by atoms with Crippen LogP contribution < -0.4 is 14.8 Å². The van der Waals surface area contributed by atoms with Crippen molar-refractivity contribution in [2.45, 2.75) is 0 Å². The summed E-state index contributed by atoms with van der Waals surface area (Å²) in [5.74, 6) is 1.01. The van der Waals surface area contributed by atoms with Crippen LogP contribution in [0.4, 0.5) is 6.01 Å². The van der Waals surface area contributed by atoms with E-state index >= 15 is 0 Å². The lowest BCUT2D eigenvalue weighted by Gasteiger charge is -2.07. The van der Waals surface area contributed by atoms with Crippen molar-refractivity contribution < 1.29 is 18.7 Å². The van der Waals surface area contributed by atoms with Crippen LogP contribution >= 0.6 is 0 Å². The Morgan fingerprint density at radius 2 is 2.00 bits per heavy atom. The molecule has 2 heterocycles. The number of nitrogens with one attached hydrogen (secondary N) is 1. The van der Waals surface area contributed by atoms with E-state index in [4.69, 9.17) is 13.9 Å². The van der Waals surface area contributed by atoms with Crippen molar-refractivity contribution in [2.75, 3.05) is 19.5 Å². The number of hydrogen-bond acceptors (Lipinski definition) is 7. The molecular formula is C17H17N5O4. The first-order valence-corrected chi connectivity index (χ1v) is 7.63. The fourth-order valence-corrected chi connectivity index (χ4v) is 2.18. The molecule has 0 aliphatic rings. The molecule has 9 heteroatoms. The summed E-state index contributed by atoms with van der Waals surface area (Å²) in [6.45, 7) is 0. The highest BCUT2D eigenvalue weighted by molar-refractivity contribution is 6.00. The van der Waals surface area contributed by atoms with E-state index in [0.29, 0.717) is 17.2 Å². The van der Waals surface area contributed by atoms with E-state index in [1.54, 1.807) is 62.5 Å². The van der Waals surface area contributed by atoms with Gasteiger partial charge in [-0.1, -0.05) is 11.2 Å². The number of methoxy groups -OCH3 is 2. The molecule has 26 heavy (non-hydrogen) atoms. The number of aromatic nitrogens is 4. The van der Waals surface area contributed by atoms with Gasteiger partial charge in [-0.3, -0.25) is 14.8 Å². The lowest BCUT2D eigenvalue weighted by atomic mass is 10.2. The van der Waals surface area contributed by atoms with E-state index in [1.165, 1.54) is 6.08 Å². The largest absolute Gasteiger partial charge is 0.493 e. The minimum Gasteiger partial charge on any atom is -0.493 e. The van der Waals surface area contributed by atoms with Gasteiger partial charge in [0.15, 0.2) is 11.5 Å². The first-order chi connectivity index (χ1) is 12.6. The SMILES string of the molecule is COc1ccc(C=CC(=O)Nc2nnc(-c3ccn(C)n3)o2)cc1OC. The molecule has 0 saturated carbocycles. The molecule has 9 nitrogen and oxygen atoms in total. The van der Waals surface area contributed by atoms with Crippen LogP contribution in [-0.4, -0.2) is 40.1 Å². The Balaban J connectivity index is 1.65. The maximum atomic E-state index is 12.0. The third-order valence-corrected chi connectivity index (χ3v) is 3.42. The predicted octanol–water partition coefficient (Wildman–Crippen LogP) is 2.14. The molecule has 0 radical (unpaired) electrons. The second-order valence-electron chi connectivity index (χ2n) is 5.22. The van der Waals surface area contributed by atoms with Crippen LogP contribution in [0.1, 0.15) is 5.56 Å². The fraction of sp³-hybridized carbons (Fsp3) is 0.176. The monoisotopic (exact) mass is 355 g/mol. The standard InChI is InChI=1S/C17H17N5O4/c1-22-9-8-12(21-22)16-19-20-17(26-16)18-15(23)7-5-11-4-6-13(24-2)14(10-11)25-3/h4-10H,1-3H3,(H,18,20,23). The van der Waals surface area contributed by atoms with Crippen molar-refractivity contribution in [3.8, 4) is 23.1 Å². The molecule has 0 saturated heterocycles. The van der Waals surface area contributed by atoms with Gasteiger partial charge in [0, 0.05) is 19.3 Å². The molecule has 3 aromatic rings. The van der Waals surface area contributed by atoms with Gasteiger partial charge < -0.3 is 13.9 Å². The second-order valence-corrected chi connectivity index (χ2v) is 5.22. The maximum Gasteiger partial charge on any atom is 0.322 e. The molecule has 0 spiro atoms. The summed E-state index contributed by atoms with van der Waals surface area (Å²) in [6, 6.07) is 7.04. The Morgan fingerprint density at radius 1 is 1.19 bits per heavy atom. The molecule has 0 bridgehead atoms. The normalized spacial score (nSPS) is 10.9. The molecule has 1 amide bonds. The van der Waals surface area contributed by atoms with Crippen molar-refractivity contribution in [3.05, 3.63) is 42.1 Å². The van der Waals surface area contributed by atoms with Gasteiger partial charge in [-0.25, -0.2) is 0 Å². The molecule has 1 aromatic carbocycles. The number of benzene rings is 1. The Morgan fingerprint density at radius 3 is 2.69 bits per heavy atom. The van der Waals surface area contributed by atoms with Gasteiger partial charge in [0.1, 0.15) is 5.69 Å². The van der Waals surface area contributed by atoms with Crippen LogP contribution in [0, 0.1) is 0 Å². The highest BCUT2D eigenvalue weighted by atomic mass is 16.5. The Hall–Kier alpha value is -3.62. The highest BCUT2D eigenvalue weighted by Crippen LogP contribution is 2.28. The first-order valence-electron chi connectivity index (χ1n) is 7.63. The molecule has 0 fully saturated rings. The van der Waals surface area contributed by atoms with Gasteiger partial charge in [0.05, 0.1) is 14.2 Å². The predicted molar refractivity (Wildman–Crippen MR) is 93.7 cm³/mol. The zero-order chi connectivity index (χ0) is 18.5. The van der Waals surface area contributed by atoms with Crippen molar-refractivity contribution in [2.24, 2.45) is 7.05 Å². The third kappa shape index (κ3) is 3.89. The Labute approximate surface area is 149 Å². The van der Waals surface area contributed by atoms with Gasteiger partial charge in [-0.2, -0.15) is 5.10 Å². The van der Waals surface area contributed by atoms with Crippen LogP contribution in [0.15, 0.2) is 41.0 Å². The molecule has 0 atom stereocenters. The summed E-state index contributed by atoms with van der Waals surface area (Å²) in [5.41, 5.74) is 1.30. The van der Waals surface area contributed by atoms with Gasteiger partial charge >= 0.3 is 6.01 Å². The number of anilines is 1. The van der Waals surface area contributed by atoms with Gasteiger partial charge in [-0.15, -0.1) is 5.10 Å². The van der Waals surface area contributed by atoms with Crippen molar-refractivity contribution in [1.82, 2.24) is 20.0 Å². The van der Waals surface area contributed by atoms with Crippen LogP contribution in [0.2, 0.25) is 0 Å². The van der Waals surface area contributed by atoms with Crippen LogP contribution in [0.5, 0.6) is 11.5 Å². The quantitative estimate of drug-likeness (QED) is 0.675. The topological polar surface area (TPSA) is 104 Å². The number of carbonyl (C=O) groups excluding carboxylic acids is 1. The number of aryl methyl sites for hydroxylation is 1. The Bertz CT molecular complexity index is 944. The van der Waals surface area contributed by atoms with Crippen molar-refractivity contribution in [1.29, 1.82) is 0 Å². The molecule has 0 unspecified atom stereocenters. The van der Waals surface area contributed by atoms with Gasteiger partial charge in [0.2, 0.25) is 0 Å². The molecule has 0 aliphatic carbocycles. The fourth-order valence-electron chi connectivity index (χ4n) is 2.18. The van der Waals surface area contributed by atoms with E-state index in [-0.39, 0.29) is 11.9 Å². The minimum absolute atomic E-state index is 0.00684. The summed E-state index contributed by atoms with van der Waals surface area (Å²) in [4.78, 5) is 12.0. The van der Waals surface area contributed by atoms with E-state index in [1.807, 2.05) is 0 Å². The number of carbonyl (C=O) groups is 1. The molecule has 0 aliphatic heterocycles. The second kappa shape index (κ2) is 7.51. The number of nitrogens with zero attached hydrogens (tertiary/aromatic N) is 4. The van der Waals surface area contributed by atoms with E-state index < -0.39 is 5.91 Å². The number of ether oxygens (including phenoxy) is 2. The average Bonchev–Trinajstić information content (AvgIpc) is 3.28. The minimum atomic E-state index is -0.406. The lowest BCUT2D eigenvalue weighted by molar-refractivity contribution is -0.112. The van der Waals surface area contributed by atoms with E-state index in [2.05, 4.69) is 20.6 Å². The summed E-state index contributed by atoms with van der Waals surface area (Å²) < 4.78 is 17.4. The lowest BCUT2D eigenvalue weighted by Crippen LogP contribution is -2.07. The van der Waals surface area contributed by atoms with Gasteiger partial charge in [-0.05, 0) is 29.8 Å². The maximum absolute atomic E-state index is 12.0. The highest BCUT2D eigenvalue weighted by Gasteiger charge is 2.12. The number of amides is 1. The number of rotatable bonds is 6. The third-order valence-electron chi connectivity index (χ3n) is 3.42. The summed E-state index contributed by atoms with van der Waals surface area (Å²) >= 11 is 0. The number of hydrogen-bond donors (Lipinski definition) is 1. The molecule has 3 rings (SSSR count). The molecular weight excluding hydrogens is 338 g/mol. The van der Waals surface area contributed by atoms with Crippen molar-refractivity contribution >= 4 is 18.0 Å². The zero-order valence-corrected chi connectivity index (χ0v) is 14.5. The zero-order valence-electron chi connectivity index (χ0n) is 14.5. The Kier molecular flexibility index (Phi) is 4.97. The van der Waals surface area contributed by atoms with Crippen LogP contribution in [-0.2, 0) is 11.8 Å².